The minimum absolute atomic E-state index is 0.494. The minimum atomic E-state index is 0.494. The van der Waals surface area contributed by atoms with Crippen LogP contribution in [0.25, 0.3) is 0 Å². The van der Waals surface area contributed by atoms with Crippen LogP contribution in [0.5, 0.6) is 0 Å². The first kappa shape index (κ1) is 10.4. The summed E-state index contributed by atoms with van der Waals surface area (Å²) in [6.45, 7) is 5.07. The van der Waals surface area contributed by atoms with E-state index in [1.54, 1.807) is 0 Å². The highest BCUT2D eigenvalue weighted by Crippen LogP contribution is 1.90. The Labute approximate surface area is 68.3 Å². The molecule has 0 rings (SSSR count). The lowest BCUT2D eigenvalue weighted by atomic mass is 10.3. The molecule has 0 aromatic carbocycles. The SMILES string of the molecule is CCCCN(C)CCOC=O. The van der Waals surface area contributed by atoms with E-state index in [4.69, 9.17) is 0 Å². The number of rotatable bonds is 7. The minimum Gasteiger partial charge on any atom is -0.467 e. The molecule has 0 N–H and O–H groups in total. The van der Waals surface area contributed by atoms with Gasteiger partial charge in [-0.15, -0.1) is 0 Å². The first-order chi connectivity index (χ1) is 5.31. The maximum Gasteiger partial charge on any atom is 0.293 e. The summed E-state index contributed by atoms with van der Waals surface area (Å²) in [5.74, 6) is 0. The molecule has 3 nitrogen and oxygen atoms in total. The standard InChI is InChI=1S/C8H17NO2/c1-3-4-5-9(2)6-7-11-8-10/h8H,3-7H2,1-2H3. The fourth-order valence-electron chi connectivity index (χ4n) is 0.796. The third-order valence-electron chi connectivity index (χ3n) is 1.55. The third kappa shape index (κ3) is 7.33. The van der Waals surface area contributed by atoms with Crippen molar-refractivity contribution in [3.8, 4) is 0 Å². The Balaban J connectivity index is 3.08. The fraction of sp³-hybridized carbons (Fsp3) is 0.875. The van der Waals surface area contributed by atoms with Crippen molar-refractivity contribution in [1.82, 2.24) is 4.90 Å². The zero-order valence-electron chi connectivity index (χ0n) is 7.38. The monoisotopic (exact) mass is 159 g/mol. The number of nitrogens with zero attached hydrogens (tertiary/aromatic N) is 1. The molecular weight excluding hydrogens is 142 g/mol. The lowest BCUT2D eigenvalue weighted by Crippen LogP contribution is -2.24. The van der Waals surface area contributed by atoms with Crippen LogP contribution in [-0.2, 0) is 9.53 Å². The molecule has 0 unspecified atom stereocenters. The van der Waals surface area contributed by atoms with Gasteiger partial charge in [-0.3, -0.25) is 4.79 Å². The second kappa shape index (κ2) is 7.54. The Morgan fingerprint density at radius 2 is 2.18 bits per heavy atom. The molecule has 0 aliphatic carbocycles. The fourth-order valence-corrected chi connectivity index (χ4v) is 0.796. The Morgan fingerprint density at radius 3 is 2.73 bits per heavy atom. The van der Waals surface area contributed by atoms with Crippen molar-refractivity contribution < 1.29 is 9.53 Å². The van der Waals surface area contributed by atoms with E-state index in [0.717, 1.165) is 13.1 Å². The van der Waals surface area contributed by atoms with E-state index in [2.05, 4.69) is 16.6 Å². The molecule has 66 valence electrons. The van der Waals surface area contributed by atoms with Gasteiger partial charge in [0.05, 0.1) is 0 Å². The largest absolute Gasteiger partial charge is 0.467 e. The molecule has 0 heterocycles. The number of unbranched alkanes of at least 4 members (excludes halogenated alkanes) is 1. The van der Waals surface area contributed by atoms with Crippen molar-refractivity contribution in [1.29, 1.82) is 0 Å². The molecule has 0 aliphatic rings. The van der Waals surface area contributed by atoms with Crippen molar-refractivity contribution in [2.24, 2.45) is 0 Å². The van der Waals surface area contributed by atoms with Crippen molar-refractivity contribution in [2.45, 2.75) is 19.8 Å². The van der Waals surface area contributed by atoms with Crippen LogP contribution in [0.4, 0.5) is 0 Å². The Bertz CT molecular complexity index is 96.1. The molecule has 3 heteroatoms. The molecule has 0 fully saturated rings. The van der Waals surface area contributed by atoms with Gasteiger partial charge in [0.25, 0.3) is 6.47 Å². The quantitative estimate of drug-likeness (QED) is 0.408. The molecule has 0 saturated carbocycles. The summed E-state index contributed by atoms with van der Waals surface area (Å²) in [5.41, 5.74) is 0. The smallest absolute Gasteiger partial charge is 0.293 e. The van der Waals surface area contributed by atoms with Crippen LogP contribution in [0.2, 0.25) is 0 Å². The average molecular weight is 159 g/mol. The number of carbonyl (C=O) groups is 1. The van der Waals surface area contributed by atoms with E-state index in [1.807, 2.05) is 7.05 Å². The number of hydrogen-bond donors (Lipinski definition) is 0. The summed E-state index contributed by atoms with van der Waals surface area (Å²) in [6, 6.07) is 0. The molecule has 11 heavy (non-hydrogen) atoms. The molecule has 0 saturated heterocycles. The van der Waals surface area contributed by atoms with Gasteiger partial charge < -0.3 is 9.64 Å². The van der Waals surface area contributed by atoms with E-state index < -0.39 is 0 Å². The number of ether oxygens (including phenoxy) is 1. The van der Waals surface area contributed by atoms with Gasteiger partial charge in [0, 0.05) is 6.54 Å². The Morgan fingerprint density at radius 1 is 1.45 bits per heavy atom. The van der Waals surface area contributed by atoms with Crippen molar-refractivity contribution in [3.63, 3.8) is 0 Å². The summed E-state index contributed by atoms with van der Waals surface area (Å²) in [4.78, 5) is 11.9. The first-order valence-electron chi connectivity index (χ1n) is 4.05. The van der Waals surface area contributed by atoms with E-state index in [0.29, 0.717) is 13.1 Å². The molecule has 0 bridgehead atoms. The van der Waals surface area contributed by atoms with Crippen LogP contribution in [0, 0.1) is 0 Å². The third-order valence-corrected chi connectivity index (χ3v) is 1.55. The second-order valence-corrected chi connectivity index (χ2v) is 2.62. The number of hydrogen-bond acceptors (Lipinski definition) is 3. The lowest BCUT2D eigenvalue weighted by Gasteiger charge is -2.14. The van der Waals surface area contributed by atoms with Gasteiger partial charge in [-0.2, -0.15) is 0 Å². The average Bonchev–Trinajstić information content (AvgIpc) is 2.01. The molecule has 0 aromatic heterocycles. The molecule has 0 radical (unpaired) electrons. The molecular formula is C8H17NO2. The van der Waals surface area contributed by atoms with Crippen molar-refractivity contribution in [2.75, 3.05) is 26.7 Å². The summed E-state index contributed by atoms with van der Waals surface area (Å²) in [5, 5.41) is 0. The summed E-state index contributed by atoms with van der Waals surface area (Å²) >= 11 is 0. The topological polar surface area (TPSA) is 29.5 Å². The molecule has 0 aliphatic heterocycles. The van der Waals surface area contributed by atoms with Gasteiger partial charge in [-0.25, -0.2) is 0 Å². The van der Waals surface area contributed by atoms with Crippen LogP contribution < -0.4 is 0 Å². The van der Waals surface area contributed by atoms with Gasteiger partial charge in [-0.1, -0.05) is 13.3 Å². The Hall–Kier alpha value is -0.570. The lowest BCUT2D eigenvalue weighted by molar-refractivity contribution is -0.129. The van der Waals surface area contributed by atoms with Gasteiger partial charge >= 0.3 is 0 Å². The molecule has 0 aromatic rings. The van der Waals surface area contributed by atoms with E-state index in [1.165, 1.54) is 12.8 Å². The number of carbonyl (C=O) groups excluding carboxylic acids is 1. The van der Waals surface area contributed by atoms with Crippen LogP contribution in [-0.4, -0.2) is 38.1 Å². The zero-order chi connectivity index (χ0) is 8.53. The summed E-state index contributed by atoms with van der Waals surface area (Å²) in [7, 11) is 2.03. The Kier molecular flexibility index (Phi) is 7.15. The molecule has 0 spiro atoms. The molecule has 0 amide bonds. The van der Waals surface area contributed by atoms with Crippen LogP contribution in [0.1, 0.15) is 19.8 Å². The highest BCUT2D eigenvalue weighted by Gasteiger charge is 1.95. The summed E-state index contributed by atoms with van der Waals surface area (Å²) in [6.07, 6.45) is 2.41. The van der Waals surface area contributed by atoms with E-state index >= 15 is 0 Å². The van der Waals surface area contributed by atoms with Crippen LogP contribution in [0.15, 0.2) is 0 Å². The maximum atomic E-state index is 9.76. The second-order valence-electron chi connectivity index (χ2n) is 2.62. The zero-order valence-corrected chi connectivity index (χ0v) is 7.38. The molecule has 0 atom stereocenters. The van der Waals surface area contributed by atoms with Gasteiger partial charge in [0.1, 0.15) is 6.61 Å². The van der Waals surface area contributed by atoms with Gasteiger partial charge in [-0.05, 0) is 20.0 Å². The van der Waals surface area contributed by atoms with Crippen molar-refractivity contribution in [3.05, 3.63) is 0 Å². The van der Waals surface area contributed by atoms with Gasteiger partial charge in [0.15, 0.2) is 0 Å². The van der Waals surface area contributed by atoms with E-state index in [9.17, 15) is 4.79 Å². The van der Waals surface area contributed by atoms with Crippen LogP contribution in [0.3, 0.4) is 0 Å². The highest BCUT2D eigenvalue weighted by molar-refractivity contribution is 5.36. The maximum absolute atomic E-state index is 9.76. The predicted molar refractivity (Wildman–Crippen MR) is 44.4 cm³/mol. The predicted octanol–water partition coefficient (Wildman–Crippen LogP) is 0.891. The summed E-state index contributed by atoms with van der Waals surface area (Å²) < 4.78 is 4.56. The van der Waals surface area contributed by atoms with Gasteiger partial charge in [0.2, 0.25) is 0 Å². The van der Waals surface area contributed by atoms with Crippen molar-refractivity contribution >= 4 is 6.47 Å². The number of likely N-dealkylation sites (N-methyl/N-ethyl adjacent to an activating group) is 1. The normalized spacial score (nSPS) is 10.1. The first-order valence-corrected chi connectivity index (χ1v) is 4.05. The highest BCUT2D eigenvalue weighted by atomic mass is 16.5. The van der Waals surface area contributed by atoms with Crippen LogP contribution >= 0.6 is 0 Å². The van der Waals surface area contributed by atoms with E-state index in [-0.39, 0.29) is 0 Å².